The van der Waals surface area contributed by atoms with Gasteiger partial charge in [0, 0.05) is 23.7 Å². The highest BCUT2D eigenvalue weighted by Crippen LogP contribution is 2.13. The molecule has 0 N–H and O–H groups in total. The normalized spacial score (nSPS) is 14.4. The molecule has 0 aromatic carbocycles. The van der Waals surface area contributed by atoms with Gasteiger partial charge in [-0.15, -0.1) is 0 Å². The van der Waals surface area contributed by atoms with Gasteiger partial charge < -0.3 is 0 Å². The second-order valence-corrected chi connectivity index (χ2v) is 5.38. The number of nitro groups is 1. The summed E-state index contributed by atoms with van der Waals surface area (Å²) in [5, 5.41) is 16.6. The topological polar surface area (TPSA) is 58.7 Å². The van der Waals surface area contributed by atoms with E-state index in [0.717, 1.165) is 0 Å². The molecule has 0 bridgehead atoms. The molecule has 0 aromatic heterocycles. The Morgan fingerprint density at radius 3 is 2.25 bits per heavy atom. The second kappa shape index (κ2) is 5.82. The summed E-state index contributed by atoms with van der Waals surface area (Å²) in [6.07, 6.45) is 1.69. The molecule has 5 heteroatoms. The first-order valence-electron chi connectivity index (χ1n) is 5.54. The smallest absolute Gasteiger partial charge is 0.211 e. The maximum Gasteiger partial charge on any atom is 0.211 e. The summed E-state index contributed by atoms with van der Waals surface area (Å²) >= 11 is 0. The van der Waals surface area contributed by atoms with Crippen molar-refractivity contribution in [2.75, 3.05) is 13.6 Å². The van der Waals surface area contributed by atoms with Gasteiger partial charge in [0.2, 0.25) is 6.54 Å². The van der Waals surface area contributed by atoms with Crippen LogP contribution in [0.2, 0.25) is 0 Å². The summed E-state index contributed by atoms with van der Waals surface area (Å²) in [6.45, 7) is 10.0. The van der Waals surface area contributed by atoms with Crippen molar-refractivity contribution >= 4 is 6.21 Å². The lowest BCUT2D eigenvalue weighted by Gasteiger charge is -2.29. The molecule has 0 radical (unpaired) electrons. The van der Waals surface area contributed by atoms with Crippen molar-refractivity contribution in [3.8, 4) is 0 Å². The summed E-state index contributed by atoms with van der Waals surface area (Å²) in [6, 6.07) is 0. The van der Waals surface area contributed by atoms with Gasteiger partial charge >= 0.3 is 0 Å². The molecular weight excluding hydrogens is 206 g/mol. The number of hydrogen-bond acceptors (Lipinski definition) is 4. The lowest BCUT2D eigenvalue weighted by atomic mass is 9.97. The predicted octanol–water partition coefficient (Wildman–Crippen LogP) is 2.25. The molecule has 0 fully saturated rings. The lowest BCUT2D eigenvalue weighted by Crippen LogP contribution is -2.34. The molecule has 1 atom stereocenters. The molecule has 0 spiro atoms. The molecule has 0 aromatic rings. The van der Waals surface area contributed by atoms with Crippen molar-refractivity contribution in [1.82, 2.24) is 5.01 Å². The Hall–Kier alpha value is -1.13. The summed E-state index contributed by atoms with van der Waals surface area (Å²) in [5.41, 5.74) is -0.0629. The molecule has 0 aliphatic carbocycles. The van der Waals surface area contributed by atoms with E-state index in [1.807, 2.05) is 46.7 Å². The third kappa shape index (κ3) is 5.68. The highest BCUT2D eigenvalue weighted by atomic mass is 16.6. The molecule has 0 amide bonds. The van der Waals surface area contributed by atoms with Gasteiger partial charge in [-0.3, -0.25) is 15.1 Å². The lowest BCUT2D eigenvalue weighted by molar-refractivity contribution is -0.485. The van der Waals surface area contributed by atoms with E-state index in [-0.39, 0.29) is 28.8 Å². The van der Waals surface area contributed by atoms with Crippen molar-refractivity contribution in [3.05, 3.63) is 10.1 Å². The van der Waals surface area contributed by atoms with Gasteiger partial charge in [0.15, 0.2) is 0 Å². The van der Waals surface area contributed by atoms with E-state index < -0.39 is 0 Å². The Kier molecular flexibility index (Phi) is 5.41. The Morgan fingerprint density at radius 1 is 1.44 bits per heavy atom. The molecule has 0 aliphatic heterocycles. The molecule has 0 unspecified atom stereocenters. The van der Waals surface area contributed by atoms with Gasteiger partial charge in [-0.2, -0.15) is 5.10 Å². The van der Waals surface area contributed by atoms with Crippen LogP contribution in [0.15, 0.2) is 5.10 Å². The largest absolute Gasteiger partial charge is 0.295 e. The first kappa shape index (κ1) is 14.9. The third-order valence-corrected chi connectivity index (χ3v) is 2.62. The van der Waals surface area contributed by atoms with E-state index >= 15 is 0 Å². The van der Waals surface area contributed by atoms with Gasteiger partial charge in [0.05, 0.1) is 5.92 Å². The van der Waals surface area contributed by atoms with Crippen molar-refractivity contribution < 1.29 is 4.92 Å². The van der Waals surface area contributed by atoms with Crippen LogP contribution in [0.25, 0.3) is 0 Å². The zero-order chi connectivity index (χ0) is 12.9. The zero-order valence-corrected chi connectivity index (χ0v) is 11.1. The zero-order valence-electron chi connectivity index (χ0n) is 11.1. The summed E-state index contributed by atoms with van der Waals surface area (Å²) in [4.78, 5) is 10.2. The van der Waals surface area contributed by atoms with E-state index in [4.69, 9.17) is 0 Å². The van der Waals surface area contributed by atoms with Gasteiger partial charge in [-0.05, 0) is 26.7 Å². The van der Waals surface area contributed by atoms with Crippen LogP contribution >= 0.6 is 0 Å². The minimum atomic E-state index is -0.284. The van der Waals surface area contributed by atoms with Crippen LogP contribution in [0.4, 0.5) is 0 Å². The summed E-state index contributed by atoms with van der Waals surface area (Å²) < 4.78 is 0. The SMILES string of the molecule is CC(C)[C@H](/C=N/N(C)C(C)(C)C)C[N+](=O)[O-]. The Labute approximate surface area is 97.7 Å². The fourth-order valence-corrected chi connectivity index (χ4v) is 0.961. The Balaban J connectivity index is 4.51. The minimum absolute atomic E-state index is 0.0564. The van der Waals surface area contributed by atoms with Crippen LogP contribution in [0.1, 0.15) is 34.6 Å². The van der Waals surface area contributed by atoms with Crippen LogP contribution in [-0.2, 0) is 0 Å². The summed E-state index contributed by atoms with van der Waals surface area (Å²) in [5.74, 6) is 0.113. The van der Waals surface area contributed by atoms with Gasteiger partial charge in [0.25, 0.3) is 0 Å². The Bertz CT molecular complexity index is 256. The number of hydrazone groups is 1. The van der Waals surface area contributed by atoms with Crippen LogP contribution < -0.4 is 0 Å². The first-order chi connectivity index (χ1) is 7.14. The number of hydrogen-bond donors (Lipinski definition) is 0. The molecule has 0 aliphatic rings. The van der Waals surface area contributed by atoms with E-state index in [0.29, 0.717) is 0 Å². The maximum absolute atomic E-state index is 10.5. The molecule has 16 heavy (non-hydrogen) atoms. The van der Waals surface area contributed by atoms with Crippen molar-refractivity contribution in [3.63, 3.8) is 0 Å². The molecular formula is C11H23N3O2. The monoisotopic (exact) mass is 229 g/mol. The third-order valence-electron chi connectivity index (χ3n) is 2.62. The predicted molar refractivity (Wildman–Crippen MR) is 66.2 cm³/mol. The standard InChI is InChI=1S/C11H23N3O2/c1-9(2)10(8-14(15)16)7-12-13(6)11(3,4)5/h7,9-10H,8H2,1-6H3/b12-7+/t10-/m1/s1. The van der Waals surface area contributed by atoms with E-state index in [1.165, 1.54) is 0 Å². The highest BCUT2D eigenvalue weighted by Gasteiger charge is 2.19. The van der Waals surface area contributed by atoms with E-state index in [9.17, 15) is 10.1 Å². The number of rotatable bonds is 5. The van der Waals surface area contributed by atoms with Crippen molar-refractivity contribution in [2.45, 2.75) is 40.2 Å². The minimum Gasteiger partial charge on any atom is -0.295 e. The summed E-state index contributed by atoms with van der Waals surface area (Å²) in [7, 11) is 1.88. The molecule has 5 nitrogen and oxygen atoms in total. The van der Waals surface area contributed by atoms with Crippen LogP contribution in [0, 0.1) is 22.0 Å². The van der Waals surface area contributed by atoms with Gasteiger partial charge in [0.1, 0.15) is 0 Å². The van der Waals surface area contributed by atoms with Crippen LogP contribution in [-0.4, -0.2) is 35.3 Å². The number of nitrogens with zero attached hydrogens (tertiary/aromatic N) is 3. The van der Waals surface area contributed by atoms with E-state index in [1.54, 1.807) is 6.21 Å². The van der Waals surface area contributed by atoms with E-state index in [2.05, 4.69) is 5.10 Å². The Morgan fingerprint density at radius 2 is 1.94 bits per heavy atom. The van der Waals surface area contributed by atoms with Crippen LogP contribution in [0.3, 0.4) is 0 Å². The molecule has 94 valence electrons. The fraction of sp³-hybridized carbons (Fsp3) is 0.909. The van der Waals surface area contributed by atoms with Crippen molar-refractivity contribution in [1.29, 1.82) is 0 Å². The molecule has 0 heterocycles. The maximum atomic E-state index is 10.5. The quantitative estimate of drug-likeness (QED) is 0.413. The van der Waals surface area contributed by atoms with Crippen LogP contribution in [0.5, 0.6) is 0 Å². The molecule has 0 saturated carbocycles. The molecule has 0 rings (SSSR count). The van der Waals surface area contributed by atoms with Gasteiger partial charge in [-0.1, -0.05) is 13.8 Å². The fourth-order valence-electron chi connectivity index (χ4n) is 0.961. The second-order valence-electron chi connectivity index (χ2n) is 5.38. The average molecular weight is 229 g/mol. The van der Waals surface area contributed by atoms with Crippen molar-refractivity contribution in [2.24, 2.45) is 16.9 Å². The van der Waals surface area contributed by atoms with Gasteiger partial charge in [-0.25, -0.2) is 0 Å². The average Bonchev–Trinajstić information content (AvgIpc) is 2.08. The molecule has 0 saturated heterocycles. The highest BCUT2D eigenvalue weighted by molar-refractivity contribution is 5.60. The first-order valence-corrected chi connectivity index (χ1v) is 5.54.